The van der Waals surface area contributed by atoms with Crippen molar-refractivity contribution in [1.82, 2.24) is 0 Å². The number of nitrogens with one attached hydrogen (secondary N) is 1. The van der Waals surface area contributed by atoms with Crippen LogP contribution in [0.2, 0.25) is 0 Å². The summed E-state index contributed by atoms with van der Waals surface area (Å²) in [4.78, 5) is 0. The highest BCUT2D eigenvalue weighted by atomic mass is 19.4. The van der Waals surface area contributed by atoms with Crippen LogP contribution in [0.3, 0.4) is 0 Å². The molecule has 0 aliphatic rings. The Labute approximate surface area is 89.5 Å². The molecule has 0 radical (unpaired) electrons. The molecule has 16 heavy (non-hydrogen) atoms. The van der Waals surface area contributed by atoms with E-state index in [0.29, 0.717) is 12.1 Å². The zero-order chi connectivity index (χ0) is 12.3. The van der Waals surface area contributed by atoms with Crippen LogP contribution in [-0.2, 0) is 6.18 Å². The van der Waals surface area contributed by atoms with Gasteiger partial charge in [-0.3, -0.25) is 0 Å². The zero-order valence-corrected chi connectivity index (χ0v) is 8.27. The summed E-state index contributed by atoms with van der Waals surface area (Å²) in [6.45, 7) is 1.42. The van der Waals surface area contributed by atoms with Crippen molar-refractivity contribution in [1.29, 1.82) is 5.26 Å². The molecule has 1 unspecified atom stereocenters. The first-order valence-electron chi connectivity index (χ1n) is 4.37. The average molecular weight is 232 g/mol. The first-order valence-corrected chi connectivity index (χ1v) is 4.37. The van der Waals surface area contributed by atoms with E-state index < -0.39 is 23.6 Å². The van der Waals surface area contributed by atoms with E-state index in [4.69, 9.17) is 5.26 Å². The highest BCUT2D eigenvalue weighted by Gasteiger charge is 2.31. The first-order chi connectivity index (χ1) is 7.34. The molecular weight excluding hydrogens is 224 g/mol. The molecule has 1 rings (SSSR count). The Kier molecular flexibility index (Phi) is 3.38. The molecule has 0 amide bonds. The lowest BCUT2D eigenvalue weighted by molar-refractivity contribution is -0.137. The third kappa shape index (κ3) is 2.86. The molecule has 0 fully saturated rings. The second kappa shape index (κ2) is 4.39. The van der Waals surface area contributed by atoms with Crippen molar-refractivity contribution in [3.8, 4) is 6.07 Å². The number of rotatable bonds is 2. The summed E-state index contributed by atoms with van der Waals surface area (Å²) in [7, 11) is 0. The maximum atomic E-state index is 13.1. The van der Waals surface area contributed by atoms with Gasteiger partial charge in [-0.05, 0) is 25.1 Å². The molecule has 6 heteroatoms. The highest BCUT2D eigenvalue weighted by molar-refractivity contribution is 5.49. The fraction of sp³-hybridized carbons (Fsp3) is 0.300. The van der Waals surface area contributed by atoms with Gasteiger partial charge in [-0.2, -0.15) is 18.4 Å². The number of halogens is 4. The van der Waals surface area contributed by atoms with Crippen LogP contribution < -0.4 is 5.32 Å². The van der Waals surface area contributed by atoms with Gasteiger partial charge < -0.3 is 5.32 Å². The second-order valence-electron chi connectivity index (χ2n) is 3.19. The molecule has 86 valence electrons. The van der Waals surface area contributed by atoms with Crippen LogP contribution in [0.15, 0.2) is 18.2 Å². The number of nitriles is 1. The van der Waals surface area contributed by atoms with Gasteiger partial charge in [0.2, 0.25) is 0 Å². The summed E-state index contributed by atoms with van der Waals surface area (Å²) in [6, 6.07) is 2.98. The Hall–Kier alpha value is -1.77. The van der Waals surface area contributed by atoms with Crippen molar-refractivity contribution in [2.45, 2.75) is 19.1 Å². The molecule has 0 bridgehead atoms. The molecule has 0 spiro atoms. The van der Waals surface area contributed by atoms with Crippen LogP contribution in [0.5, 0.6) is 0 Å². The molecule has 0 aromatic heterocycles. The predicted molar refractivity (Wildman–Crippen MR) is 50.1 cm³/mol. The van der Waals surface area contributed by atoms with Gasteiger partial charge in [0.05, 0.1) is 17.3 Å². The maximum Gasteiger partial charge on any atom is 0.416 e. The fourth-order valence-corrected chi connectivity index (χ4v) is 1.08. The van der Waals surface area contributed by atoms with Gasteiger partial charge in [0, 0.05) is 0 Å². The Morgan fingerprint density at radius 3 is 2.50 bits per heavy atom. The van der Waals surface area contributed by atoms with Crippen molar-refractivity contribution in [3.63, 3.8) is 0 Å². The highest BCUT2D eigenvalue weighted by Crippen LogP contribution is 2.31. The lowest BCUT2D eigenvalue weighted by Crippen LogP contribution is -2.14. The topological polar surface area (TPSA) is 35.8 Å². The summed E-state index contributed by atoms with van der Waals surface area (Å²) in [5.74, 6) is -0.824. The third-order valence-corrected chi connectivity index (χ3v) is 1.86. The van der Waals surface area contributed by atoms with E-state index in [9.17, 15) is 17.6 Å². The van der Waals surface area contributed by atoms with Gasteiger partial charge in [0.1, 0.15) is 11.9 Å². The quantitative estimate of drug-likeness (QED) is 0.795. The molecule has 1 atom stereocenters. The Morgan fingerprint density at radius 1 is 1.38 bits per heavy atom. The van der Waals surface area contributed by atoms with Crippen molar-refractivity contribution < 1.29 is 17.6 Å². The molecule has 2 nitrogen and oxygen atoms in total. The molecule has 0 heterocycles. The number of hydrogen-bond acceptors (Lipinski definition) is 2. The molecule has 0 saturated carbocycles. The van der Waals surface area contributed by atoms with Crippen molar-refractivity contribution in [2.24, 2.45) is 0 Å². The molecule has 0 aliphatic heterocycles. The van der Waals surface area contributed by atoms with Gasteiger partial charge in [0.15, 0.2) is 0 Å². The maximum absolute atomic E-state index is 13.1. The number of alkyl halides is 3. The minimum Gasteiger partial charge on any atom is -0.368 e. The summed E-state index contributed by atoms with van der Waals surface area (Å²) in [6.07, 6.45) is -4.53. The van der Waals surface area contributed by atoms with Crippen LogP contribution in [0.1, 0.15) is 12.5 Å². The normalized spacial score (nSPS) is 13.0. The molecule has 1 aromatic carbocycles. The number of anilines is 1. The monoisotopic (exact) mass is 232 g/mol. The first kappa shape index (κ1) is 12.3. The molecular formula is C10H8F4N2. The van der Waals surface area contributed by atoms with Gasteiger partial charge in [-0.1, -0.05) is 0 Å². The predicted octanol–water partition coefficient (Wildman–Crippen LogP) is 3.17. The van der Waals surface area contributed by atoms with E-state index in [1.165, 1.54) is 6.92 Å². The Morgan fingerprint density at radius 2 is 2.00 bits per heavy atom. The molecule has 0 aliphatic carbocycles. The molecule has 1 aromatic rings. The van der Waals surface area contributed by atoms with Crippen molar-refractivity contribution >= 4 is 5.69 Å². The van der Waals surface area contributed by atoms with E-state index in [0.717, 1.165) is 6.07 Å². The van der Waals surface area contributed by atoms with Crippen LogP contribution in [0.25, 0.3) is 0 Å². The zero-order valence-electron chi connectivity index (χ0n) is 8.27. The summed E-state index contributed by atoms with van der Waals surface area (Å²) >= 11 is 0. The standard InChI is InChI=1S/C10H8F4N2/c1-6(5-15)16-9-4-7(10(12,13)14)2-3-8(9)11/h2-4,6,16H,1H3. The number of hydrogen-bond donors (Lipinski definition) is 1. The van der Waals surface area contributed by atoms with E-state index in [1.807, 2.05) is 0 Å². The van der Waals surface area contributed by atoms with E-state index in [2.05, 4.69) is 5.32 Å². The summed E-state index contributed by atoms with van der Waals surface area (Å²) < 4.78 is 50.0. The summed E-state index contributed by atoms with van der Waals surface area (Å²) in [5.41, 5.74) is -1.29. The van der Waals surface area contributed by atoms with Gasteiger partial charge in [-0.15, -0.1) is 0 Å². The third-order valence-electron chi connectivity index (χ3n) is 1.86. The minimum atomic E-state index is -4.53. The number of nitrogens with zero attached hydrogens (tertiary/aromatic N) is 1. The molecule has 1 N–H and O–H groups in total. The Balaban J connectivity index is 3.05. The van der Waals surface area contributed by atoms with Crippen LogP contribution in [0.4, 0.5) is 23.2 Å². The Bertz CT molecular complexity index is 420. The van der Waals surface area contributed by atoms with Crippen LogP contribution >= 0.6 is 0 Å². The lowest BCUT2D eigenvalue weighted by atomic mass is 10.1. The lowest BCUT2D eigenvalue weighted by Gasteiger charge is -2.12. The smallest absolute Gasteiger partial charge is 0.368 e. The van der Waals surface area contributed by atoms with E-state index in [1.54, 1.807) is 6.07 Å². The van der Waals surface area contributed by atoms with Crippen molar-refractivity contribution in [3.05, 3.63) is 29.6 Å². The second-order valence-corrected chi connectivity index (χ2v) is 3.19. The SMILES string of the molecule is CC(C#N)Nc1cc(C(F)(F)F)ccc1F. The van der Waals surface area contributed by atoms with Crippen LogP contribution in [0, 0.1) is 17.1 Å². The average Bonchev–Trinajstić information content (AvgIpc) is 2.19. The number of benzene rings is 1. The van der Waals surface area contributed by atoms with E-state index >= 15 is 0 Å². The van der Waals surface area contributed by atoms with Gasteiger partial charge in [0.25, 0.3) is 0 Å². The van der Waals surface area contributed by atoms with Crippen LogP contribution in [-0.4, -0.2) is 6.04 Å². The summed E-state index contributed by atoms with van der Waals surface area (Å²) in [5, 5.41) is 10.8. The largest absolute Gasteiger partial charge is 0.416 e. The van der Waals surface area contributed by atoms with Gasteiger partial charge in [-0.25, -0.2) is 4.39 Å². The molecule has 0 saturated heterocycles. The van der Waals surface area contributed by atoms with Crippen molar-refractivity contribution in [2.75, 3.05) is 5.32 Å². The van der Waals surface area contributed by atoms with Gasteiger partial charge >= 0.3 is 6.18 Å². The minimum absolute atomic E-state index is 0.330. The van der Waals surface area contributed by atoms with E-state index in [-0.39, 0.29) is 5.69 Å². The fourth-order valence-electron chi connectivity index (χ4n) is 1.08.